The average molecular weight is 345 g/mol. The Morgan fingerprint density at radius 1 is 1.22 bits per heavy atom. The summed E-state index contributed by atoms with van der Waals surface area (Å²) in [5.41, 5.74) is 0. The van der Waals surface area contributed by atoms with Crippen molar-refractivity contribution in [1.29, 1.82) is 0 Å². The third-order valence-electron chi connectivity index (χ3n) is 4.74. The summed E-state index contributed by atoms with van der Waals surface area (Å²) >= 11 is 0. The van der Waals surface area contributed by atoms with Crippen molar-refractivity contribution in [2.75, 3.05) is 38.2 Å². The summed E-state index contributed by atoms with van der Waals surface area (Å²) in [4.78, 5) is 27.7. The van der Waals surface area contributed by atoms with E-state index in [4.69, 9.17) is 0 Å². The molecule has 3 amide bonds. The van der Waals surface area contributed by atoms with Crippen molar-refractivity contribution in [2.24, 2.45) is 5.92 Å². The van der Waals surface area contributed by atoms with Crippen LogP contribution in [0.1, 0.15) is 32.6 Å². The fraction of sp³-hybridized carbons (Fsp3) is 0.867. The molecule has 8 heteroatoms. The highest BCUT2D eigenvalue weighted by Gasteiger charge is 2.35. The van der Waals surface area contributed by atoms with Crippen LogP contribution < -0.4 is 5.32 Å². The van der Waals surface area contributed by atoms with Gasteiger partial charge >= 0.3 is 6.03 Å². The van der Waals surface area contributed by atoms with Gasteiger partial charge in [0.2, 0.25) is 5.91 Å². The third-order valence-corrected chi connectivity index (χ3v) is 6.49. The predicted octanol–water partition coefficient (Wildman–Crippen LogP) is 0.464. The Hall–Kier alpha value is -1.31. The molecule has 2 aliphatic heterocycles. The average Bonchev–Trinajstić information content (AvgIpc) is 2.91. The second-order valence-electron chi connectivity index (χ2n) is 6.50. The maximum Gasteiger partial charge on any atom is 0.320 e. The number of amides is 3. The highest BCUT2D eigenvalue weighted by molar-refractivity contribution is 7.91. The van der Waals surface area contributed by atoms with Crippen molar-refractivity contribution >= 4 is 21.8 Å². The summed E-state index contributed by atoms with van der Waals surface area (Å²) in [6.07, 6.45) is 2.76. The molecule has 2 rings (SSSR count). The molecule has 0 spiro atoms. The smallest absolute Gasteiger partial charge is 0.320 e. The Morgan fingerprint density at radius 2 is 1.87 bits per heavy atom. The normalized spacial score (nSPS) is 24.4. The van der Waals surface area contributed by atoms with Gasteiger partial charge in [-0.3, -0.25) is 4.79 Å². The number of nitrogens with zero attached hydrogens (tertiary/aromatic N) is 2. The molecular weight excluding hydrogens is 318 g/mol. The van der Waals surface area contributed by atoms with Gasteiger partial charge in [-0.15, -0.1) is 0 Å². The van der Waals surface area contributed by atoms with E-state index in [1.165, 1.54) is 0 Å². The fourth-order valence-corrected chi connectivity index (χ4v) is 4.96. The van der Waals surface area contributed by atoms with E-state index in [0.29, 0.717) is 38.9 Å². The first kappa shape index (κ1) is 18.0. The Kier molecular flexibility index (Phi) is 5.89. The molecule has 0 radical (unpaired) electrons. The molecule has 2 heterocycles. The molecule has 0 saturated carbocycles. The van der Waals surface area contributed by atoms with Crippen LogP contribution in [0.5, 0.6) is 0 Å². The molecule has 0 aromatic heterocycles. The number of hydrogen-bond acceptors (Lipinski definition) is 4. The zero-order valence-electron chi connectivity index (χ0n) is 14.0. The van der Waals surface area contributed by atoms with Crippen LogP contribution in [0.4, 0.5) is 4.79 Å². The van der Waals surface area contributed by atoms with Crippen molar-refractivity contribution in [1.82, 2.24) is 15.1 Å². The largest absolute Gasteiger partial charge is 0.356 e. The number of hydrogen-bond donors (Lipinski definition) is 1. The van der Waals surface area contributed by atoms with Gasteiger partial charge in [0.05, 0.1) is 11.5 Å². The molecule has 132 valence electrons. The van der Waals surface area contributed by atoms with Gasteiger partial charge < -0.3 is 15.1 Å². The van der Waals surface area contributed by atoms with Crippen molar-refractivity contribution in [3.05, 3.63) is 0 Å². The zero-order chi connectivity index (χ0) is 17.0. The summed E-state index contributed by atoms with van der Waals surface area (Å²) in [6.45, 7) is 3.80. The molecule has 2 aliphatic rings. The van der Waals surface area contributed by atoms with Gasteiger partial charge in [0.1, 0.15) is 0 Å². The lowest BCUT2D eigenvalue weighted by Gasteiger charge is -2.35. The number of nitrogens with one attached hydrogen (secondary N) is 1. The van der Waals surface area contributed by atoms with Crippen molar-refractivity contribution < 1.29 is 18.0 Å². The lowest BCUT2D eigenvalue weighted by atomic mass is 9.96. The SMILES string of the molecule is CCCNC(=O)C1CCN(C(=O)N(C)C2CCS(=O)(=O)C2)CC1. The van der Waals surface area contributed by atoms with E-state index in [0.717, 1.165) is 6.42 Å². The lowest BCUT2D eigenvalue weighted by molar-refractivity contribution is -0.126. The maximum absolute atomic E-state index is 12.5. The van der Waals surface area contributed by atoms with Crippen molar-refractivity contribution in [3.8, 4) is 0 Å². The Balaban J connectivity index is 1.82. The number of carbonyl (C=O) groups excluding carboxylic acids is 2. The van der Waals surface area contributed by atoms with Crippen molar-refractivity contribution in [2.45, 2.75) is 38.6 Å². The zero-order valence-corrected chi connectivity index (χ0v) is 14.8. The van der Waals surface area contributed by atoms with Crippen LogP contribution >= 0.6 is 0 Å². The van der Waals surface area contributed by atoms with Crippen LogP contribution in [0.25, 0.3) is 0 Å². The monoisotopic (exact) mass is 345 g/mol. The van der Waals surface area contributed by atoms with E-state index < -0.39 is 9.84 Å². The van der Waals surface area contributed by atoms with Crippen LogP contribution in [0.3, 0.4) is 0 Å². The highest BCUT2D eigenvalue weighted by atomic mass is 32.2. The lowest BCUT2D eigenvalue weighted by Crippen LogP contribution is -2.50. The number of likely N-dealkylation sites (tertiary alicyclic amines) is 1. The molecule has 1 N–H and O–H groups in total. The van der Waals surface area contributed by atoms with Crippen LogP contribution in [0.15, 0.2) is 0 Å². The fourth-order valence-electron chi connectivity index (χ4n) is 3.19. The maximum atomic E-state index is 12.5. The minimum atomic E-state index is -3.00. The first-order valence-corrected chi connectivity index (χ1v) is 10.2. The second-order valence-corrected chi connectivity index (χ2v) is 8.73. The van der Waals surface area contributed by atoms with Crippen LogP contribution in [-0.2, 0) is 14.6 Å². The minimum absolute atomic E-state index is 0.0252. The van der Waals surface area contributed by atoms with Gasteiger partial charge in [-0.1, -0.05) is 6.92 Å². The highest BCUT2D eigenvalue weighted by Crippen LogP contribution is 2.21. The number of piperidine rings is 1. The first-order valence-electron chi connectivity index (χ1n) is 8.34. The summed E-state index contributed by atoms with van der Waals surface area (Å²) in [5, 5.41) is 2.90. The van der Waals surface area contributed by atoms with E-state index in [1.54, 1.807) is 16.8 Å². The number of carbonyl (C=O) groups is 2. The Morgan fingerprint density at radius 3 is 2.39 bits per heavy atom. The Labute approximate surface area is 138 Å². The number of rotatable bonds is 4. The molecule has 0 bridgehead atoms. The topological polar surface area (TPSA) is 86.8 Å². The van der Waals surface area contributed by atoms with Gasteiger partial charge in [-0.2, -0.15) is 0 Å². The molecule has 0 aliphatic carbocycles. The molecule has 1 atom stereocenters. The van der Waals surface area contributed by atoms with Crippen LogP contribution in [0, 0.1) is 5.92 Å². The molecule has 0 aromatic rings. The first-order chi connectivity index (χ1) is 10.8. The number of urea groups is 1. The van der Waals surface area contributed by atoms with Gasteiger partial charge in [0.25, 0.3) is 0 Å². The van der Waals surface area contributed by atoms with E-state index in [1.807, 2.05) is 6.92 Å². The minimum Gasteiger partial charge on any atom is -0.356 e. The standard InChI is InChI=1S/C15H27N3O4S/c1-3-7-16-14(19)12-4-8-18(9-5-12)15(20)17(2)13-6-10-23(21,22)11-13/h12-13H,3-11H2,1-2H3,(H,16,19). The van der Waals surface area contributed by atoms with Gasteiger partial charge in [0, 0.05) is 38.6 Å². The van der Waals surface area contributed by atoms with Crippen LogP contribution in [0.2, 0.25) is 0 Å². The Bertz CT molecular complexity index is 541. The molecule has 1 unspecified atom stereocenters. The molecule has 0 aromatic carbocycles. The predicted molar refractivity (Wildman–Crippen MR) is 87.8 cm³/mol. The third kappa shape index (κ3) is 4.59. The molecule has 7 nitrogen and oxygen atoms in total. The summed E-state index contributed by atoms with van der Waals surface area (Å²) in [7, 11) is -1.32. The van der Waals surface area contributed by atoms with E-state index >= 15 is 0 Å². The van der Waals surface area contributed by atoms with Gasteiger partial charge in [-0.05, 0) is 25.7 Å². The van der Waals surface area contributed by atoms with E-state index in [-0.39, 0.29) is 35.4 Å². The second kappa shape index (κ2) is 7.51. The summed E-state index contributed by atoms with van der Waals surface area (Å²) < 4.78 is 23.1. The molecule has 2 fully saturated rings. The molecular formula is C15H27N3O4S. The molecule has 2 saturated heterocycles. The quantitative estimate of drug-likeness (QED) is 0.802. The van der Waals surface area contributed by atoms with Gasteiger partial charge in [0.15, 0.2) is 9.84 Å². The van der Waals surface area contributed by atoms with Crippen LogP contribution in [-0.4, -0.2) is 74.4 Å². The number of sulfone groups is 1. The van der Waals surface area contributed by atoms with Gasteiger partial charge in [-0.25, -0.2) is 13.2 Å². The molecule has 23 heavy (non-hydrogen) atoms. The summed E-state index contributed by atoms with van der Waals surface area (Å²) in [6, 6.07) is -0.349. The summed E-state index contributed by atoms with van der Waals surface area (Å²) in [5.74, 6) is 0.275. The van der Waals surface area contributed by atoms with E-state index in [2.05, 4.69) is 5.32 Å². The van der Waals surface area contributed by atoms with E-state index in [9.17, 15) is 18.0 Å². The van der Waals surface area contributed by atoms with Crippen molar-refractivity contribution in [3.63, 3.8) is 0 Å².